The lowest BCUT2D eigenvalue weighted by Crippen LogP contribution is -2.38. The van der Waals surface area contributed by atoms with Crippen LogP contribution in [0.15, 0.2) is 146 Å². The summed E-state index contributed by atoms with van der Waals surface area (Å²) in [6.45, 7) is 16.8. The van der Waals surface area contributed by atoms with E-state index in [1.54, 1.807) is 10.4 Å². The van der Waals surface area contributed by atoms with E-state index in [0.717, 1.165) is 38.8 Å². The standard InChI is InChI=1S/C53H54N2Si2/c1-56(2,3)42-26-29-49-37(33-42)17-15-31-54(49)41-25-28-46-47(35-41)53(39-19-9-7-10-20-39,40-21-11-8-12-22-40)48-36-51(44-23-13-14-24-45(44)52(46)48)55-32-16-18-38-34-43(57(4,5)6)27-30-50(38)55/h7-14,19-30,33-36H,15-18,31-32H2,1-6H3. The lowest BCUT2D eigenvalue weighted by atomic mass is 9.67. The monoisotopic (exact) mass is 774 g/mol. The second kappa shape index (κ2) is 13.5. The summed E-state index contributed by atoms with van der Waals surface area (Å²) in [6, 6.07) is 56.8. The summed E-state index contributed by atoms with van der Waals surface area (Å²) in [4.78, 5) is 5.27. The first-order chi connectivity index (χ1) is 27.5. The Bertz CT molecular complexity index is 2630. The first-order valence-electron chi connectivity index (χ1n) is 21.2. The molecule has 0 unspecified atom stereocenters. The van der Waals surface area contributed by atoms with Crippen LogP contribution in [0, 0.1) is 0 Å². The van der Waals surface area contributed by atoms with E-state index >= 15 is 0 Å². The molecule has 7 aromatic carbocycles. The van der Waals surface area contributed by atoms with Gasteiger partial charge in [-0.25, -0.2) is 0 Å². The molecule has 0 aromatic heterocycles. The third-order valence-corrected chi connectivity index (χ3v) is 17.3. The van der Waals surface area contributed by atoms with E-state index in [0.29, 0.717) is 0 Å². The summed E-state index contributed by atoms with van der Waals surface area (Å²) in [5.41, 5.74) is 15.9. The zero-order valence-corrected chi connectivity index (χ0v) is 36.5. The van der Waals surface area contributed by atoms with E-state index in [2.05, 4.69) is 195 Å². The van der Waals surface area contributed by atoms with Gasteiger partial charge in [-0.15, -0.1) is 0 Å². The SMILES string of the molecule is C[Si](C)(C)c1ccc2c(c1)CCCN2c1ccc2c(c1)C(c1ccccc1)(c1ccccc1)c1cc(N3CCCc4cc([Si](C)(C)C)ccc43)c3ccccc3c1-2. The Balaban J connectivity index is 1.24. The molecule has 10 rings (SSSR count). The van der Waals surface area contributed by atoms with Crippen molar-refractivity contribution in [1.29, 1.82) is 0 Å². The second-order valence-electron chi connectivity index (χ2n) is 18.8. The minimum Gasteiger partial charge on any atom is -0.341 e. The Morgan fingerprint density at radius 2 is 0.982 bits per heavy atom. The van der Waals surface area contributed by atoms with Crippen molar-refractivity contribution in [2.24, 2.45) is 0 Å². The highest BCUT2D eigenvalue weighted by molar-refractivity contribution is 6.89. The van der Waals surface area contributed by atoms with Crippen molar-refractivity contribution in [3.8, 4) is 11.1 Å². The van der Waals surface area contributed by atoms with Crippen LogP contribution in [-0.2, 0) is 18.3 Å². The number of hydrogen-bond acceptors (Lipinski definition) is 2. The lowest BCUT2D eigenvalue weighted by molar-refractivity contribution is 0.752. The van der Waals surface area contributed by atoms with Crippen LogP contribution in [0.25, 0.3) is 21.9 Å². The van der Waals surface area contributed by atoms with Crippen molar-refractivity contribution < 1.29 is 0 Å². The quantitative estimate of drug-likeness (QED) is 0.155. The van der Waals surface area contributed by atoms with Gasteiger partial charge in [0.05, 0.1) is 21.6 Å². The lowest BCUT2D eigenvalue weighted by Gasteiger charge is -2.37. The minimum atomic E-state index is -1.45. The molecule has 0 amide bonds. The average Bonchev–Trinajstić information content (AvgIpc) is 3.53. The van der Waals surface area contributed by atoms with Gasteiger partial charge in [0.2, 0.25) is 0 Å². The topological polar surface area (TPSA) is 6.48 Å². The van der Waals surface area contributed by atoms with Crippen molar-refractivity contribution >= 4 is 60.0 Å². The number of aryl methyl sites for hydroxylation is 2. The summed E-state index contributed by atoms with van der Waals surface area (Å²) in [5.74, 6) is 0. The molecule has 0 fully saturated rings. The molecule has 7 aromatic rings. The van der Waals surface area contributed by atoms with Gasteiger partial charge in [-0.1, -0.05) is 165 Å². The zero-order valence-electron chi connectivity index (χ0n) is 34.5. The Hall–Kier alpha value is -5.17. The molecule has 2 nitrogen and oxygen atoms in total. The number of anilines is 4. The first-order valence-corrected chi connectivity index (χ1v) is 28.2. The van der Waals surface area contributed by atoms with E-state index in [1.807, 2.05) is 0 Å². The molecule has 2 aliphatic heterocycles. The Kier molecular flexibility index (Phi) is 8.55. The van der Waals surface area contributed by atoms with E-state index in [-0.39, 0.29) is 0 Å². The number of fused-ring (bicyclic) bond motifs is 7. The fraction of sp³-hybridized carbons (Fsp3) is 0.245. The van der Waals surface area contributed by atoms with Crippen LogP contribution in [0.4, 0.5) is 22.7 Å². The van der Waals surface area contributed by atoms with Gasteiger partial charge in [-0.05, 0) is 106 Å². The molecular weight excluding hydrogens is 721 g/mol. The molecule has 284 valence electrons. The number of benzene rings is 7. The van der Waals surface area contributed by atoms with Crippen LogP contribution in [0.2, 0.25) is 39.3 Å². The largest absolute Gasteiger partial charge is 0.341 e. The maximum absolute atomic E-state index is 2.66. The van der Waals surface area contributed by atoms with E-state index in [4.69, 9.17) is 0 Å². The van der Waals surface area contributed by atoms with Crippen molar-refractivity contribution in [2.75, 3.05) is 22.9 Å². The van der Waals surface area contributed by atoms with Crippen molar-refractivity contribution in [3.05, 3.63) is 179 Å². The van der Waals surface area contributed by atoms with Crippen molar-refractivity contribution in [2.45, 2.75) is 70.4 Å². The fourth-order valence-corrected chi connectivity index (χ4v) is 12.7. The van der Waals surface area contributed by atoms with E-state index in [9.17, 15) is 0 Å². The average molecular weight is 775 g/mol. The van der Waals surface area contributed by atoms with Crippen molar-refractivity contribution in [1.82, 2.24) is 0 Å². The van der Waals surface area contributed by atoms with Gasteiger partial charge in [-0.3, -0.25) is 0 Å². The molecule has 0 spiro atoms. The molecule has 0 radical (unpaired) electrons. The summed E-state index contributed by atoms with van der Waals surface area (Å²) in [6.07, 6.45) is 4.59. The van der Waals surface area contributed by atoms with Crippen LogP contribution in [0.5, 0.6) is 0 Å². The zero-order chi connectivity index (χ0) is 39.1. The summed E-state index contributed by atoms with van der Waals surface area (Å²) in [5, 5.41) is 5.76. The number of rotatable bonds is 6. The smallest absolute Gasteiger partial charge is 0.0776 e. The van der Waals surface area contributed by atoms with Gasteiger partial charge in [0.1, 0.15) is 0 Å². The maximum atomic E-state index is 2.66. The molecule has 3 aliphatic rings. The molecule has 0 saturated heterocycles. The van der Waals surface area contributed by atoms with Crippen molar-refractivity contribution in [3.63, 3.8) is 0 Å². The van der Waals surface area contributed by atoms with E-state index < -0.39 is 21.6 Å². The van der Waals surface area contributed by atoms with Gasteiger partial charge in [0.25, 0.3) is 0 Å². The molecule has 0 bridgehead atoms. The fourth-order valence-electron chi connectivity index (χ4n) is 10.3. The molecule has 1 aliphatic carbocycles. The maximum Gasteiger partial charge on any atom is 0.0776 e. The molecule has 4 heteroatoms. The Morgan fingerprint density at radius 3 is 1.56 bits per heavy atom. The molecule has 0 saturated carbocycles. The number of nitrogens with zero attached hydrogens (tertiary/aromatic N) is 2. The summed E-state index contributed by atoms with van der Waals surface area (Å²) in [7, 11) is -2.88. The molecule has 2 heterocycles. The summed E-state index contributed by atoms with van der Waals surface area (Å²) < 4.78 is 0. The van der Waals surface area contributed by atoms with Crippen LogP contribution in [0.3, 0.4) is 0 Å². The van der Waals surface area contributed by atoms with Crippen LogP contribution in [0.1, 0.15) is 46.2 Å². The summed E-state index contributed by atoms with van der Waals surface area (Å²) >= 11 is 0. The predicted molar refractivity (Wildman–Crippen MR) is 251 cm³/mol. The van der Waals surface area contributed by atoms with Gasteiger partial charge in [0.15, 0.2) is 0 Å². The van der Waals surface area contributed by atoms with Crippen LogP contribution >= 0.6 is 0 Å². The highest BCUT2D eigenvalue weighted by Gasteiger charge is 2.48. The van der Waals surface area contributed by atoms with Crippen LogP contribution in [-0.4, -0.2) is 29.2 Å². The third kappa shape index (κ3) is 5.78. The van der Waals surface area contributed by atoms with Gasteiger partial charge < -0.3 is 9.80 Å². The van der Waals surface area contributed by atoms with Gasteiger partial charge in [0, 0.05) is 41.2 Å². The predicted octanol–water partition coefficient (Wildman–Crippen LogP) is 12.5. The van der Waals surface area contributed by atoms with Gasteiger partial charge in [-0.2, -0.15) is 0 Å². The third-order valence-electron chi connectivity index (χ3n) is 13.2. The second-order valence-corrected chi connectivity index (χ2v) is 28.9. The first kappa shape index (κ1) is 36.2. The number of hydrogen-bond donors (Lipinski definition) is 0. The molecular formula is C53H54N2Si2. The van der Waals surface area contributed by atoms with Gasteiger partial charge >= 0.3 is 0 Å². The molecule has 57 heavy (non-hydrogen) atoms. The molecule has 0 atom stereocenters. The van der Waals surface area contributed by atoms with E-state index in [1.165, 1.54) is 78.0 Å². The molecule has 0 N–H and O–H groups in total. The Morgan fingerprint density at radius 1 is 0.456 bits per heavy atom. The Labute approximate surface area is 341 Å². The highest BCUT2D eigenvalue weighted by atomic mass is 28.3. The normalized spacial score (nSPS) is 15.9. The minimum absolute atomic E-state index is 0.511. The highest BCUT2D eigenvalue weighted by Crippen LogP contribution is 2.60. The van der Waals surface area contributed by atoms with Crippen LogP contribution < -0.4 is 20.2 Å².